The van der Waals surface area contributed by atoms with Gasteiger partial charge in [-0.2, -0.15) is 16.9 Å². The molecule has 0 fully saturated rings. The number of nitrogens with zero attached hydrogens (tertiary/aromatic N) is 6. The summed E-state index contributed by atoms with van der Waals surface area (Å²) in [5.41, 5.74) is 1.06. The van der Waals surface area contributed by atoms with Crippen LogP contribution in [-0.2, 0) is 27.2 Å². The van der Waals surface area contributed by atoms with Gasteiger partial charge in [0, 0.05) is 26.8 Å². The van der Waals surface area contributed by atoms with E-state index >= 15 is 0 Å². The van der Waals surface area contributed by atoms with Crippen molar-refractivity contribution in [3.05, 3.63) is 29.6 Å². The first-order valence-corrected chi connectivity index (χ1v) is 9.34. The first-order valence-electron chi connectivity index (χ1n) is 7.94. The summed E-state index contributed by atoms with van der Waals surface area (Å²) in [5, 5.41) is 19.1. The van der Waals surface area contributed by atoms with Crippen LogP contribution in [0.3, 0.4) is 0 Å². The zero-order chi connectivity index (χ0) is 17.4. The van der Waals surface area contributed by atoms with Gasteiger partial charge in [-0.05, 0) is 31.4 Å². The number of hydrogen-bond donors (Lipinski definition) is 2. The number of rotatable bonds is 8. The molecule has 8 nitrogen and oxygen atoms in total. The quantitative estimate of drug-likeness (QED) is 0.417. The van der Waals surface area contributed by atoms with E-state index in [1.807, 2.05) is 48.1 Å². The van der Waals surface area contributed by atoms with Gasteiger partial charge in [-0.3, -0.25) is 4.68 Å². The van der Waals surface area contributed by atoms with E-state index in [0.29, 0.717) is 13.1 Å². The molecule has 24 heavy (non-hydrogen) atoms. The molecular formula is C15H26N8S. The minimum Gasteiger partial charge on any atom is -0.356 e. The molecule has 0 saturated heterocycles. The summed E-state index contributed by atoms with van der Waals surface area (Å²) in [6.45, 7) is 3.98. The average Bonchev–Trinajstić information content (AvgIpc) is 3.13. The standard InChI is InChI=1S/C15H26N8S/c1-12-20-21-14(22(12)2)11-18-15(16-7-5-9-24-4)17-10-13-6-8-19-23(13)3/h6,8H,5,7,9-11H2,1-4H3,(H2,16,17,18). The number of hydrogen-bond acceptors (Lipinski definition) is 5. The van der Waals surface area contributed by atoms with E-state index in [-0.39, 0.29) is 0 Å². The SMILES string of the molecule is CSCCCNC(=NCc1ccnn1C)NCc1nnc(C)n1C. The lowest BCUT2D eigenvalue weighted by Gasteiger charge is -2.12. The van der Waals surface area contributed by atoms with Gasteiger partial charge in [0.2, 0.25) is 0 Å². The van der Waals surface area contributed by atoms with Crippen molar-refractivity contribution in [1.29, 1.82) is 0 Å². The second-order valence-corrected chi connectivity index (χ2v) is 6.45. The molecule has 9 heteroatoms. The summed E-state index contributed by atoms with van der Waals surface area (Å²) in [5.74, 6) is 3.68. The first kappa shape index (κ1) is 18.3. The van der Waals surface area contributed by atoms with Gasteiger partial charge in [0.15, 0.2) is 11.8 Å². The first-order chi connectivity index (χ1) is 11.6. The van der Waals surface area contributed by atoms with Crippen molar-refractivity contribution in [3.8, 4) is 0 Å². The fourth-order valence-corrected chi connectivity index (χ4v) is 2.51. The largest absolute Gasteiger partial charge is 0.356 e. The van der Waals surface area contributed by atoms with Gasteiger partial charge in [0.05, 0.1) is 18.8 Å². The molecule has 0 aliphatic rings. The molecule has 0 bridgehead atoms. The van der Waals surface area contributed by atoms with E-state index in [1.165, 1.54) is 0 Å². The smallest absolute Gasteiger partial charge is 0.192 e. The third-order valence-corrected chi connectivity index (χ3v) is 4.43. The number of thioether (sulfide) groups is 1. The van der Waals surface area contributed by atoms with E-state index in [1.54, 1.807) is 6.20 Å². The van der Waals surface area contributed by atoms with Crippen LogP contribution in [0.1, 0.15) is 23.8 Å². The Morgan fingerprint density at radius 2 is 2.12 bits per heavy atom. The molecule has 2 rings (SSSR count). The Morgan fingerprint density at radius 1 is 1.29 bits per heavy atom. The van der Waals surface area contributed by atoms with E-state index in [4.69, 9.17) is 0 Å². The number of aromatic nitrogens is 5. The molecule has 2 aromatic heterocycles. The van der Waals surface area contributed by atoms with Crippen LogP contribution in [0.5, 0.6) is 0 Å². The maximum absolute atomic E-state index is 4.65. The second kappa shape index (κ2) is 9.31. The van der Waals surface area contributed by atoms with Crippen LogP contribution in [0, 0.1) is 6.92 Å². The third-order valence-electron chi connectivity index (χ3n) is 3.74. The Labute approximate surface area is 147 Å². The minimum atomic E-state index is 0.576. The molecular weight excluding hydrogens is 324 g/mol. The van der Waals surface area contributed by atoms with E-state index in [9.17, 15) is 0 Å². The third kappa shape index (κ3) is 5.26. The highest BCUT2D eigenvalue weighted by Gasteiger charge is 2.06. The van der Waals surface area contributed by atoms with Crippen molar-refractivity contribution >= 4 is 17.7 Å². The van der Waals surface area contributed by atoms with Gasteiger partial charge < -0.3 is 15.2 Å². The van der Waals surface area contributed by atoms with Crippen LogP contribution >= 0.6 is 11.8 Å². The number of aliphatic imine (C=N–C) groups is 1. The van der Waals surface area contributed by atoms with Crippen LogP contribution < -0.4 is 10.6 Å². The predicted molar refractivity (Wildman–Crippen MR) is 97.9 cm³/mol. The molecule has 0 aliphatic heterocycles. The summed E-state index contributed by atoms with van der Waals surface area (Å²) in [7, 11) is 3.89. The van der Waals surface area contributed by atoms with Gasteiger partial charge in [0.25, 0.3) is 0 Å². The Balaban J connectivity index is 1.96. The van der Waals surface area contributed by atoms with Crippen LogP contribution in [0.4, 0.5) is 0 Å². The zero-order valence-corrected chi connectivity index (χ0v) is 15.6. The van der Waals surface area contributed by atoms with Crippen LogP contribution in [-0.4, -0.2) is 49.1 Å². The maximum Gasteiger partial charge on any atom is 0.192 e. The summed E-state index contributed by atoms with van der Waals surface area (Å²) >= 11 is 1.85. The maximum atomic E-state index is 4.65. The fraction of sp³-hybridized carbons (Fsp3) is 0.600. The summed E-state index contributed by atoms with van der Waals surface area (Å²) < 4.78 is 3.81. The van der Waals surface area contributed by atoms with E-state index in [2.05, 4.69) is 37.2 Å². The lowest BCUT2D eigenvalue weighted by Crippen LogP contribution is -2.38. The molecule has 2 aromatic rings. The molecule has 0 amide bonds. The van der Waals surface area contributed by atoms with Crippen molar-refractivity contribution in [3.63, 3.8) is 0 Å². The van der Waals surface area contributed by atoms with E-state index in [0.717, 1.165) is 42.0 Å². The molecule has 0 aromatic carbocycles. The van der Waals surface area contributed by atoms with Crippen molar-refractivity contribution in [2.45, 2.75) is 26.4 Å². The molecule has 0 radical (unpaired) electrons. The number of guanidine groups is 1. The molecule has 0 saturated carbocycles. The Hall–Kier alpha value is -2.03. The second-order valence-electron chi connectivity index (χ2n) is 5.46. The van der Waals surface area contributed by atoms with Crippen LogP contribution in [0.2, 0.25) is 0 Å². The highest BCUT2D eigenvalue weighted by Crippen LogP contribution is 2.00. The van der Waals surface area contributed by atoms with Crippen molar-refractivity contribution < 1.29 is 0 Å². The molecule has 0 atom stereocenters. The minimum absolute atomic E-state index is 0.576. The fourth-order valence-electron chi connectivity index (χ4n) is 2.08. The summed E-state index contributed by atoms with van der Waals surface area (Å²) in [6.07, 6.45) is 4.99. The number of aryl methyl sites for hydroxylation is 2. The lowest BCUT2D eigenvalue weighted by atomic mass is 10.4. The Bertz CT molecular complexity index is 660. The van der Waals surface area contributed by atoms with Gasteiger partial charge in [-0.25, -0.2) is 4.99 Å². The van der Waals surface area contributed by atoms with Gasteiger partial charge in [-0.15, -0.1) is 10.2 Å². The van der Waals surface area contributed by atoms with Crippen molar-refractivity contribution in [2.24, 2.45) is 19.1 Å². The van der Waals surface area contributed by atoms with Crippen LogP contribution in [0.25, 0.3) is 0 Å². The van der Waals surface area contributed by atoms with Crippen molar-refractivity contribution in [2.75, 3.05) is 18.6 Å². The monoisotopic (exact) mass is 350 g/mol. The normalized spacial score (nSPS) is 11.8. The van der Waals surface area contributed by atoms with Crippen molar-refractivity contribution in [1.82, 2.24) is 35.2 Å². The highest BCUT2D eigenvalue weighted by atomic mass is 32.2. The average molecular weight is 350 g/mol. The predicted octanol–water partition coefficient (Wildman–Crippen LogP) is 0.846. The molecule has 2 N–H and O–H groups in total. The molecule has 0 aliphatic carbocycles. The van der Waals surface area contributed by atoms with E-state index < -0.39 is 0 Å². The summed E-state index contributed by atoms with van der Waals surface area (Å²) in [6, 6.07) is 1.97. The lowest BCUT2D eigenvalue weighted by molar-refractivity contribution is 0.694. The highest BCUT2D eigenvalue weighted by molar-refractivity contribution is 7.98. The summed E-state index contributed by atoms with van der Waals surface area (Å²) in [4.78, 5) is 4.65. The van der Waals surface area contributed by atoms with Gasteiger partial charge in [-0.1, -0.05) is 0 Å². The van der Waals surface area contributed by atoms with Gasteiger partial charge >= 0.3 is 0 Å². The Kier molecular flexibility index (Phi) is 7.10. The Morgan fingerprint density at radius 3 is 2.75 bits per heavy atom. The topological polar surface area (TPSA) is 84.9 Å². The van der Waals surface area contributed by atoms with Crippen LogP contribution in [0.15, 0.2) is 17.3 Å². The molecule has 0 unspecified atom stereocenters. The molecule has 132 valence electrons. The van der Waals surface area contributed by atoms with Gasteiger partial charge in [0.1, 0.15) is 5.82 Å². The zero-order valence-electron chi connectivity index (χ0n) is 14.8. The number of nitrogens with one attached hydrogen (secondary N) is 2. The molecule has 2 heterocycles. The molecule has 0 spiro atoms.